The Morgan fingerprint density at radius 2 is 2.20 bits per heavy atom. The fourth-order valence-corrected chi connectivity index (χ4v) is 9.72. The summed E-state index contributed by atoms with van der Waals surface area (Å²) >= 11 is 0. The molecule has 0 aromatic rings. The second-order valence-electron chi connectivity index (χ2n) is 11.5. The van der Waals surface area contributed by atoms with Crippen LogP contribution in [0.15, 0.2) is 28.3 Å². The number of hydrogen-bond donors (Lipinski definition) is 5. The normalized spacial score (nSPS) is 46.0. The molecule has 1 heterocycles. The third-order valence-corrected chi connectivity index (χ3v) is 10.6. The number of likely N-dealkylation sites (tertiary alicyclic amines) is 1. The number of hydrogen-bond acceptors (Lipinski definition) is 7. The molecule has 2 saturated carbocycles. The fourth-order valence-electron chi connectivity index (χ4n) is 9.72. The number of carboxylic acids is 1. The molecule has 194 valence electrons. The molecule has 2 bridgehead atoms. The van der Waals surface area contributed by atoms with Crippen molar-refractivity contribution in [1.29, 1.82) is 0 Å². The van der Waals surface area contributed by atoms with E-state index in [4.69, 9.17) is 10.5 Å². The van der Waals surface area contributed by atoms with E-state index in [1.807, 2.05) is 0 Å². The van der Waals surface area contributed by atoms with Gasteiger partial charge in [-0.05, 0) is 31.1 Å². The van der Waals surface area contributed by atoms with E-state index in [1.54, 1.807) is 7.05 Å². The molecular formula is C26H40N4O5. The molecule has 8 atom stereocenters. The van der Waals surface area contributed by atoms with E-state index in [2.05, 4.69) is 29.4 Å². The van der Waals surface area contributed by atoms with Gasteiger partial charge in [-0.1, -0.05) is 24.6 Å². The number of aliphatic hydroxyl groups excluding tert-OH is 1. The lowest BCUT2D eigenvalue weighted by Gasteiger charge is -2.68. The molecule has 0 aromatic heterocycles. The minimum Gasteiger partial charge on any atom is -0.545 e. The van der Waals surface area contributed by atoms with Gasteiger partial charge in [-0.2, -0.15) is 0 Å². The number of carbonyl (C=O) groups is 1. The molecule has 0 radical (unpaired) electrons. The number of nitrogens with two attached hydrogens (primary N) is 1. The zero-order valence-electron chi connectivity index (χ0n) is 21.1. The lowest BCUT2D eigenvalue weighted by molar-refractivity contribution is -0.831. The molecule has 9 nitrogen and oxygen atoms in total. The van der Waals surface area contributed by atoms with Gasteiger partial charge in [0.25, 0.3) is 5.96 Å². The van der Waals surface area contributed by atoms with Gasteiger partial charge in [0.15, 0.2) is 0 Å². The van der Waals surface area contributed by atoms with Crippen molar-refractivity contribution >= 4 is 11.9 Å². The van der Waals surface area contributed by atoms with Crippen molar-refractivity contribution < 1.29 is 29.8 Å². The molecule has 0 amide bonds. The van der Waals surface area contributed by atoms with Crippen molar-refractivity contribution in [3.05, 3.63) is 23.3 Å². The second kappa shape index (κ2) is 8.38. The first-order chi connectivity index (χ1) is 16.7. The Kier molecular flexibility index (Phi) is 5.96. The largest absolute Gasteiger partial charge is 0.545 e. The molecule has 0 aromatic carbocycles. The maximum absolute atomic E-state index is 12.7. The quantitative estimate of drug-likeness (QED) is 0.119. The van der Waals surface area contributed by atoms with Gasteiger partial charge >= 0.3 is 0 Å². The van der Waals surface area contributed by atoms with Crippen molar-refractivity contribution in [2.24, 2.45) is 44.7 Å². The van der Waals surface area contributed by atoms with Crippen LogP contribution < -0.4 is 21.1 Å². The van der Waals surface area contributed by atoms with Crippen LogP contribution in [0.2, 0.25) is 0 Å². The number of methoxy groups -OCH3 is 1. The molecule has 9 heteroatoms. The Labute approximate surface area is 207 Å². The van der Waals surface area contributed by atoms with Gasteiger partial charge in [0.05, 0.1) is 32.3 Å². The van der Waals surface area contributed by atoms with Crippen LogP contribution in [0.25, 0.3) is 0 Å². The van der Waals surface area contributed by atoms with E-state index in [0.717, 1.165) is 42.8 Å². The molecule has 35 heavy (non-hydrogen) atoms. The topological polar surface area (TPSA) is 145 Å². The Hall–Kier alpha value is -1.78. The summed E-state index contributed by atoms with van der Waals surface area (Å²) in [6, 6.07) is 0. The van der Waals surface area contributed by atoms with Crippen molar-refractivity contribution in [3.8, 4) is 0 Å². The number of rotatable bonds is 7. The van der Waals surface area contributed by atoms with E-state index in [9.17, 15) is 20.1 Å². The Morgan fingerprint density at radius 1 is 1.43 bits per heavy atom. The number of carbonyl (C=O) groups excluding carboxylic acids is 1. The fraction of sp³-hybridized carbons (Fsp3) is 0.769. The molecule has 2 spiro atoms. The van der Waals surface area contributed by atoms with Gasteiger partial charge in [0.1, 0.15) is 5.60 Å². The highest BCUT2D eigenvalue weighted by atomic mass is 16.5. The molecule has 3 fully saturated rings. The summed E-state index contributed by atoms with van der Waals surface area (Å²) in [7, 11) is 3.22. The molecule has 5 rings (SSSR count). The van der Waals surface area contributed by atoms with E-state index >= 15 is 0 Å². The number of aliphatic carboxylic acids is 1. The molecule has 1 aliphatic heterocycles. The van der Waals surface area contributed by atoms with Crippen molar-refractivity contribution in [3.63, 3.8) is 0 Å². The first-order valence-corrected chi connectivity index (χ1v) is 12.9. The smallest absolute Gasteiger partial charge is 0.293 e. The average molecular weight is 489 g/mol. The summed E-state index contributed by atoms with van der Waals surface area (Å²) in [4.78, 5) is 18.2. The Morgan fingerprint density at radius 3 is 2.86 bits per heavy atom. The maximum atomic E-state index is 12.7. The summed E-state index contributed by atoms with van der Waals surface area (Å²) in [5, 5.41) is 37.8. The summed E-state index contributed by atoms with van der Waals surface area (Å²) in [6.07, 6.45) is 7.87. The predicted octanol–water partition coefficient (Wildman–Crippen LogP) is -2.17. The van der Waals surface area contributed by atoms with E-state index in [0.29, 0.717) is 25.5 Å². The lowest BCUT2D eigenvalue weighted by Crippen LogP contribution is -3.19. The number of quaternary nitrogens is 1. The minimum atomic E-state index is -1.64. The van der Waals surface area contributed by atoms with Crippen LogP contribution in [-0.4, -0.2) is 81.3 Å². The summed E-state index contributed by atoms with van der Waals surface area (Å²) < 4.78 is 5.46. The monoisotopic (exact) mass is 488 g/mol. The SMILES string of the molecule is CN=C(N)[NH+]1CCC2(CNCCO)C=CC3C(O)(COC)C(C(=O)[O-])=C4CC5CCC(C)C43C52C1. The van der Waals surface area contributed by atoms with Crippen LogP contribution in [0.1, 0.15) is 32.6 Å². The van der Waals surface area contributed by atoms with Gasteiger partial charge in [0, 0.05) is 61.4 Å². The van der Waals surface area contributed by atoms with E-state index in [-0.39, 0.29) is 41.5 Å². The van der Waals surface area contributed by atoms with Crippen molar-refractivity contribution in [2.75, 3.05) is 53.6 Å². The zero-order chi connectivity index (χ0) is 25.2. The van der Waals surface area contributed by atoms with Crippen molar-refractivity contribution in [1.82, 2.24) is 5.32 Å². The Balaban J connectivity index is 1.81. The zero-order valence-corrected chi connectivity index (χ0v) is 21.1. The van der Waals surface area contributed by atoms with Gasteiger partial charge in [-0.25, -0.2) is 4.99 Å². The minimum absolute atomic E-state index is 0.0491. The van der Waals surface area contributed by atoms with Crippen LogP contribution >= 0.6 is 0 Å². The molecule has 8 unspecified atom stereocenters. The third kappa shape index (κ3) is 2.82. The lowest BCUT2D eigenvalue weighted by atomic mass is 9.36. The molecule has 5 aliphatic rings. The third-order valence-electron chi connectivity index (χ3n) is 10.6. The highest BCUT2D eigenvalue weighted by molar-refractivity contribution is 5.91. The van der Waals surface area contributed by atoms with Gasteiger partial charge in [-0.15, -0.1) is 0 Å². The second-order valence-corrected chi connectivity index (χ2v) is 11.5. The molecule has 1 saturated heterocycles. The summed E-state index contributed by atoms with van der Waals surface area (Å²) in [5.74, 6) is -0.693. The number of guanidine groups is 1. The number of allylic oxidation sites excluding steroid dienone is 1. The number of aliphatic imine (C=N–C) groups is 1. The first-order valence-electron chi connectivity index (χ1n) is 12.9. The highest BCUT2D eigenvalue weighted by Gasteiger charge is 2.83. The van der Waals surface area contributed by atoms with Crippen LogP contribution in [-0.2, 0) is 9.53 Å². The van der Waals surface area contributed by atoms with Crippen molar-refractivity contribution in [2.45, 2.75) is 38.2 Å². The van der Waals surface area contributed by atoms with Crippen LogP contribution in [0.3, 0.4) is 0 Å². The average Bonchev–Trinajstić information content (AvgIpc) is 3.17. The molecular weight excluding hydrogens is 448 g/mol. The Bertz CT molecular complexity index is 996. The van der Waals surface area contributed by atoms with Crippen LogP contribution in [0.5, 0.6) is 0 Å². The van der Waals surface area contributed by atoms with Crippen LogP contribution in [0, 0.1) is 34.0 Å². The van der Waals surface area contributed by atoms with Gasteiger partial charge in [-0.3, -0.25) is 4.90 Å². The van der Waals surface area contributed by atoms with Gasteiger partial charge < -0.3 is 35.9 Å². The van der Waals surface area contributed by atoms with Gasteiger partial charge in [0.2, 0.25) is 0 Å². The number of nitrogens with one attached hydrogen (secondary N) is 2. The predicted molar refractivity (Wildman–Crippen MR) is 128 cm³/mol. The standard InChI is InChI=1S/C26H40N4O5/c1-16-4-5-17-12-18-20(21(32)33)24(34,15-35-3)19-6-7-23(13-29-9-11-31)8-10-30(22(27)28-2)14-25(17,23)26(16,18)19/h6-7,16-17,19,29,31,34H,4-5,8-15H2,1-3H3,(H2,27,28)(H,32,33). The van der Waals surface area contributed by atoms with E-state index in [1.165, 1.54) is 7.11 Å². The first kappa shape index (κ1) is 24.9. The molecule has 6 N–H and O–H groups in total. The highest BCUT2D eigenvalue weighted by Crippen LogP contribution is 2.82. The number of aliphatic hydroxyl groups is 2. The molecule has 4 aliphatic carbocycles. The maximum Gasteiger partial charge on any atom is 0.293 e. The summed E-state index contributed by atoms with van der Waals surface area (Å²) in [6.45, 7) is 4.95. The number of carboxylic acid groups (broad SMARTS) is 1. The van der Waals surface area contributed by atoms with Crippen LogP contribution in [0.4, 0.5) is 0 Å². The number of nitrogens with zero attached hydrogens (tertiary/aromatic N) is 1. The van der Waals surface area contributed by atoms with E-state index < -0.39 is 22.9 Å². The summed E-state index contributed by atoms with van der Waals surface area (Å²) in [5.41, 5.74) is 4.59. The number of piperidine rings is 1. The number of ether oxygens (including phenoxy) is 1.